The van der Waals surface area contributed by atoms with Crippen molar-refractivity contribution >= 4 is 10.2 Å². The topological polar surface area (TPSA) is 53.1 Å². The van der Waals surface area contributed by atoms with Crippen LogP contribution >= 0.6 is 0 Å². The first-order valence-electron chi connectivity index (χ1n) is 7.83. The maximum absolute atomic E-state index is 13.5. The lowest BCUT2D eigenvalue weighted by atomic mass is 10.1. The first kappa shape index (κ1) is 20.0. The minimum Gasteiger partial charge on any atom is -0.434 e. The van der Waals surface area contributed by atoms with Crippen molar-refractivity contribution in [3.05, 3.63) is 29.6 Å². The van der Waals surface area contributed by atoms with Gasteiger partial charge in [0.05, 0.1) is 0 Å². The molecule has 1 heterocycles. The Bertz CT molecular complexity index is 686. The Balaban J connectivity index is 2.08. The Kier molecular flexibility index (Phi) is 6.66. The van der Waals surface area contributed by atoms with Gasteiger partial charge in [0.1, 0.15) is 11.6 Å². The lowest BCUT2D eigenvalue weighted by molar-refractivity contribution is -0.0508. The predicted molar refractivity (Wildman–Crippen MR) is 87.1 cm³/mol. The molecule has 2 rings (SSSR count). The van der Waals surface area contributed by atoms with E-state index in [1.165, 1.54) is 24.5 Å². The highest BCUT2D eigenvalue weighted by atomic mass is 32.2. The van der Waals surface area contributed by atoms with Crippen LogP contribution in [0, 0.1) is 5.82 Å². The minimum atomic E-state index is -3.49. The lowest BCUT2D eigenvalue weighted by Gasteiger charge is -2.24. The molecule has 1 fully saturated rings. The molecule has 0 amide bonds. The molecule has 1 saturated heterocycles. The van der Waals surface area contributed by atoms with Crippen LogP contribution in [0.25, 0.3) is 0 Å². The van der Waals surface area contributed by atoms with Crippen LogP contribution in [0.4, 0.5) is 13.2 Å². The zero-order valence-electron chi connectivity index (χ0n) is 14.2. The summed E-state index contributed by atoms with van der Waals surface area (Å²) in [6.45, 7) is -1.15. The second-order valence-corrected chi connectivity index (χ2v) is 8.09. The zero-order chi connectivity index (χ0) is 18.6. The van der Waals surface area contributed by atoms with E-state index in [-0.39, 0.29) is 18.8 Å². The lowest BCUT2D eigenvalue weighted by Crippen LogP contribution is -2.42. The molecule has 0 spiro atoms. The number of rotatable bonds is 6. The van der Waals surface area contributed by atoms with E-state index in [1.54, 1.807) is 0 Å². The highest BCUT2D eigenvalue weighted by molar-refractivity contribution is 7.86. The monoisotopic (exact) mass is 381 g/mol. The van der Waals surface area contributed by atoms with Gasteiger partial charge in [-0.1, -0.05) is 0 Å². The Labute approximate surface area is 145 Å². The fraction of sp³-hybridized carbons (Fsp3) is 0.600. The Morgan fingerprint density at radius 2 is 1.92 bits per heavy atom. The summed E-state index contributed by atoms with van der Waals surface area (Å²) >= 11 is 0. The van der Waals surface area contributed by atoms with Crippen LogP contribution in [0.15, 0.2) is 18.2 Å². The predicted octanol–water partition coefficient (Wildman–Crippen LogP) is 1.74. The van der Waals surface area contributed by atoms with Crippen molar-refractivity contribution in [2.45, 2.75) is 19.6 Å². The molecular formula is C15H22F3N3O3S. The van der Waals surface area contributed by atoms with Crippen molar-refractivity contribution in [3.63, 3.8) is 0 Å². The molecule has 10 heteroatoms. The van der Waals surface area contributed by atoms with E-state index in [0.717, 1.165) is 16.4 Å². The molecule has 0 aliphatic carbocycles. The molecule has 1 aliphatic rings. The Morgan fingerprint density at radius 3 is 2.56 bits per heavy atom. The van der Waals surface area contributed by atoms with Gasteiger partial charge >= 0.3 is 6.61 Å². The van der Waals surface area contributed by atoms with E-state index in [0.29, 0.717) is 31.6 Å². The molecule has 142 valence electrons. The standard InChI is InChI=1S/C15H22F3N3O3S/c1-19(2)25(22,23)21-7-3-6-20(8-9-21)11-12-10-13(16)4-5-14(12)24-15(17)18/h4-5,10,15H,3,6-9,11H2,1-2H3. The third-order valence-electron chi connectivity index (χ3n) is 3.97. The highest BCUT2D eigenvalue weighted by Crippen LogP contribution is 2.24. The molecule has 1 aliphatic heterocycles. The SMILES string of the molecule is CN(C)S(=O)(=O)N1CCCN(Cc2cc(F)ccc2OC(F)F)CC1. The Morgan fingerprint density at radius 1 is 1.20 bits per heavy atom. The quantitative estimate of drug-likeness (QED) is 0.753. The molecule has 0 N–H and O–H groups in total. The van der Waals surface area contributed by atoms with Crippen molar-refractivity contribution < 1.29 is 26.3 Å². The summed E-state index contributed by atoms with van der Waals surface area (Å²) in [5, 5.41) is 0. The van der Waals surface area contributed by atoms with Gasteiger partial charge in [0.2, 0.25) is 0 Å². The third kappa shape index (κ3) is 5.30. The molecule has 0 saturated carbocycles. The minimum absolute atomic E-state index is 0.0709. The van der Waals surface area contributed by atoms with E-state index >= 15 is 0 Å². The average molecular weight is 381 g/mol. The third-order valence-corrected chi connectivity index (χ3v) is 5.91. The van der Waals surface area contributed by atoms with Crippen molar-refractivity contribution in [3.8, 4) is 5.75 Å². The summed E-state index contributed by atoms with van der Waals surface area (Å²) in [4.78, 5) is 1.90. The van der Waals surface area contributed by atoms with Crippen molar-refractivity contribution in [2.24, 2.45) is 0 Å². The molecular weight excluding hydrogens is 359 g/mol. The summed E-state index contributed by atoms with van der Waals surface area (Å²) in [6, 6.07) is 3.41. The van der Waals surface area contributed by atoms with Crippen LogP contribution < -0.4 is 4.74 Å². The van der Waals surface area contributed by atoms with Gasteiger partial charge in [-0.25, -0.2) is 4.39 Å². The molecule has 0 aromatic heterocycles. The van der Waals surface area contributed by atoms with Gasteiger partial charge in [-0.2, -0.15) is 25.8 Å². The molecule has 1 aromatic rings. The molecule has 25 heavy (non-hydrogen) atoms. The molecule has 1 aromatic carbocycles. The second-order valence-electron chi connectivity index (χ2n) is 5.95. The van der Waals surface area contributed by atoms with Crippen molar-refractivity contribution in [2.75, 3.05) is 40.3 Å². The van der Waals surface area contributed by atoms with Crippen LogP contribution in [-0.2, 0) is 16.8 Å². The number of nitrogens with zero attached hydrogens (tertiary/aromatic N) is 3. The van der Waals surface area contributed by atoms with Gasteiger partial charge in [0.25, 0.3) is 10.2 Å². The van der Waals surface area contributed by atoms with Crippen LogP contribution in [0.1, 0.15) is 12.0 Å². The fourth-order valence-electron chi connectivity index (χ4n) is 2.69. The van der Waals surface area contributed by atoms with Gasteiger partial charge in [-0.3, -0.25) is 4.90 Å². The van der Waals surface area contributed by atoms with Gasteiger partial charge in [-0.15, -0.1) is 0 Å². The van der Waals surface area contributed by atoms with E-state index in [9.17, 15) is 21.6 Å². The van der Waals surface area contributed by atoms with Gasteiger partial charge < -0.3 is 4.74 Å². The van der Waals surface area contributed by atoms with Crippen LogP contribution in [0.2, 0.25) is 0 Å². The number of alkyl halides is 2. The number of benzene rings is 1. The zero-order valence-corrected chi connectivity index (χ0v) is 15.0. The average Bonchev–Trinajstić information content (AvgIpc) is 2.75. The highest BCUT2D eigenvalue weighted by Gasteiger charge is 2.27. The number of ether oxygens (including phenoxy) is 1. The normalized spacial score (nSPS) is 17.9. The largest absolute Gasteiger partial charge is 0.434 e. The number of hydrogen-bond donors (Lipinski definition) is 0. The van der Waals surface area contributed by atoms with Gasteiger partial charge in [0, 0.05) is 45.8 Å². The number of halogens is 3. The molecule has 0 unspecified atom stereocenters. The summed E-state index contributed by atoms with van der Waals surface area (Å²) in [6.07, 6.45) is 0.591. The summed E-state index contributed by atoms with van der Waals surface area (Å²) in [5.41, 5.74) is 0.309. The Hall–Kier alpha value is -1.36. The first-order valence-corrected chi connectivity index (χ1v) is 9.23. The summed E-state index contributed by atoms with van der Waals surface area (Å²) in [7, 11) is -0.552. The second kappa shape index (κ2) is 8.35. The van der Waals surface area contributed by atoms with Gasteiger partial charge in [0.15, 0.2) is 0 Å². The van der Waals surface area contributed by atoms with Crippen molar-refractivity contribution in [1.29, 1.82) is 0 Å². The van der Waals surface area contributed by atoms with Crippen LogP contribution in [-0.4, -0.2) is 68.8 Å². The van der Waals surface area contributed by atoms with Crippen molar-refractivity contribution in [1.82, 2.24) is 13.5 Å². The van der Waals surface area contributed by atoms with Gasteiger partial charge in [-0.05, 0) is 31.2 Å². The molecule has 6 nitrogen and oxygen atoms in total. The summed E-state index contributed by atoms with van der Waals surface area (Å²) < 4.78 is 69.9. The summed E-state index contributed by atoms with van der Waals surface area (Å²) in [5.74, 6) is -0.610. The molecule has 0 bridgehead atoms. The fourth-order valence-corrected chi connectivity index (χ4v) is 3.82. The smallest absolute Gasteiger partial charge is 0.387 e. The van der Waals surface area contributed by atoms with E-state index < -0.39 is 22.6 Å². The van der Waals surface area contributed by atoms with Crippen LogP contribution in [0.3, 0.4) is 0 Å². The van der Waals surface area contributed by atoms with E-state index in [1.807, 2.05) is 4.90 Å². The number of hydrogen-bond acceptors (Lipinski definition) is 4. The maximum Gasteiger partial charge on any atom is 0.387 e. The molecule has 0 atom stereocenters. The van der Waals surface area contributed by atoms with E-state index in [2.05, 4.69) is 4.74 Å². The van der Waals surface area contributed by atoms with Crippen LogP contribution in [0.5, 0.6) is 5.75 Å². The van der Waals surface area contributed by atoms with E-state index in [4.69, 9.17) is 0 Å². The maximum atomic E-state index is 13.5. The molecule has 0 radical (unpaired) electrons. The first-order chi connectivity index (χ1) is 11.7.